The lowest BCUT2D eigenvalue weighted by molar-refractivity contribution is -0.130. The zero-order valence-corrected chi connectivity index (χ0v) is 13.1. The third-order valence-electron chi connectivity index (χ3n) is 3.32. The Balaban J connectivity index is 3.99. The van der Waals surface area contributed by atoms with Crippen LogP contribution in [0.3, 0.4) is 0 Å². The number of ether oxygens (including phenoxy) is 1. The maximum Gasteiger partial charge on any atom is 0.0633 e. The van der Waals surface area contributed by atoms with Crippen LogP contribution in [0.25, 0.3) is 0 Å². The predicted molar refractivity (Wildman–Crippen MR) is 77.5 cm³/mol. The Labute approximate surface area is 109 Å². The highest BCUT2D eigenvalue weighted by Crippen LogP contribution is 2.28. The Kier molecular flexibility index (Phi) is 8.11. The molecule has 0 saturated carbocycles. The molecular weight excluding hydrogens is 208 g/mol. The van der Waals surface area contributed by atoms with E-state index in [-0.39, 0.29) is 11.2 Å². The van der Waals surface area contributed by atoms with E-state index in [0.717, 1.165) is 0 Å². The normalized spacial score (nSPS) is 13.1. The molecule has 1 nitrogen and oxygen atoms in total. The maximum atomic E-state index is 6.32. The van der Waals surface area contributed by atoms with Gasteiger partial charge in [-0.3, -0.25) is 0 Å². The van der Waals surface area contributed by atoms with E-state index in [4.69, 9.17) is 4.74 Å². The first-order valence-electron chi connectivity index (χ1n) is 7.53. The third-order valence-corrected chi connectivity index (χ3v) is 3.32. The molecule has 0 heterocycles. The molecule has 1 heteroatoms. The van der Waals surface area contributed by atoms with Crippen molar-refractivity contribution in [1.82, 2.24) is 0 Å². The van der Waals surface area contributed by atoms with Crippen LogP contribution in [0.5, 0.6) is 0 Å². The van der Waals surface area contributed by atoms with Gasteiger partial charge in [-0.1, -0.05) is 52.4 Å². The van der Waals surface area contributed by atoms with E-state index in [9.17, 15) is 0 Å². The molecule has 0 amide bonds. The standard InChI is InChI=1S/C16H34O/c1-7-9-11-13-15(3,4)17-16(5,6)14-12-10-8-2/h7-14H2,1-6H3. The SMILES string of the molecule is CCCCCC(C)(C)OC(C)(C)CCCCC. The number of hydrogen-bond acceptors (Lipinski definition) is 1. The number of hydrogen-bond donors (Lipinski definition) is 0. The second-order valence-corrected chi connectivity index (χ2v) is 6.54. The number of rotatable bonds is 10. The largest absolute Gasteiger partial charge is 0.370 e. The molecule has 0 aromatic carbocycles. The van der Waals surface area contributed by atoms with E-state index in [1.54, 1.807) is 0 Å². The molecule has 0 aliphatic heterocycles. The Morgan fingerprint density at radius 2 is 1.00 bits per heavy atom. The zero-order chi connectivity index (χ0) is 13.4. The van der Waals surface area contributed by atoms with E-state index in [1.807, 2.05) is 0 Å². The van der Waals surface area contributed by atoms with Crippen LogP contribution in [0.1, 0.15) is 92.9 Å². The maximum absolute atomic E-state index is 6.32. The van der Waals surface area contributed by atoms with Gasteiger partial charge in [0.05, 0.1) is 11.2 Å². The third kappa shape index (κ3) is 9.64. The minimum Gasteiger partial charge on any atom is -0.370 e. The molecule has 0 aromatic heterocycles. The highest BCUT2D eigenvalue weighted by molar-refractivity contribution is 4.77. The molecule has 0 bridgehead atoms. The minimum absolute atomic E-state index is 0.0326. The second-order valence-electron chi connectivity index (χ2n) is 6.54. The summed E-state index contributed by atoms with van der Waals surface area (Å²) >= 11 is 0. The predicted octanol–water partition coefficient (Wildman–Crippen LogP) is 5.72. The van der Waals surface area contributed by atoms with Gasteiger partial charge in [0.25, 0.3) is 0 Å². The highest BCUT2D eigenvalue weighted by atomic mass is 16.5. The fraction of sp³-hybridized carbons (Fsp3) is 1.00. The van der Waals surface area contributed by atoms with Gasteiger partial charge in [-0.25, -0.2) is 0 Å². The van der Waals surface area contributed by atoms with Crippen molar-refractivity contribution in [3.63, 3.8) is 0 Å². The van der Waals surface area contributed by atoms with Crippen molar-refractivity contribution >= 4 is 0 Å². The quantitative estimate of drug-likeness (QED) is 0.445. The number of unbranched alkanes of at least 4 members (excludes halogenated alkanes) is 4. The summed E-state index contributed by atoms with van der Waals surface area (Å²) in [5.41, 5.74) is 0.0652. The molecule has 17 heavy (non-hydrogen) atoms. The van der Waals surface area contributed by atoms with E-state index in [1.165, 1.54) is 51.4 Å². The van der Waals surface area contributed by atoms with Crippen LogP contribution in [0, 0.1) is 0 Å². The summed E-state index contributed by atoms with van der Waals surface area (Å²) in [5.74, 6) is 0. The summed E-state index contributed by atoms with van der Waals surface area (Å²) in [5, 5.41) is 0. The Hall–Kier alpha value is -0.0400. The van der Waals surface area contributed by atoms with E-state index in [2.05, 4.69) is 41.5 Å². The lowest BCUT2D eigenvalue weighted by Gasteiger charge is -2.36. The van der Waals surface area contributed by atoms with Crippen molar-refractivity contribution in [2.75, 3.05) is 0 Å². The lowest BCUT2D eigenvalue weighted by atomic mass is 9.95. The molecule has 0 aliphatic rings. The second kappa shape index (κ2) is 8.13. The van der Waals surface area contributed by atoms with Crippen molar-refractivity contribution in [3.8, 4) is 0 Å². The molecule has 0 aromatic rings. The summed E-state index contributed by atoms with van der Waals surface area (Å²) in [6, 6.07) is 0. The van der Waals surface area contributed by atoms with Gasteiger partial charge in [0.15, 0.2) is 0 Å². The van der Waals surface area contributed by atoms with Gasteiger partial charge < -0.3 is 4.74 Å². The van der Waals surface area contributed by atoms with Gasteiger partial charge in [-0.05, 0) is 40.5 Å². The molecular formula is C16H34O. The molecule has 0 atom stereocenters. The Morgan fingerprint density at radius 3 is 1.29 bits per heavy atom. The summed E-state index contributed by atoms with van der Waals surface area (Å²) in [6.45, 7) is 13.5. The van der Waals surface area contributed by atoms with Gasteiger partial charge in [-0.15, -0.1) is 0 Å². The Bertz CT molecular complexity index is 162. The van der Waals surface area contributed by atoms with E-state index >= 15 is 0 Å². The zero-order valence-electron chi connectivity index (χ0n) is 13.1. The van der Waals surface area contributed by atoms with E-state index < -0.39 is 0 Å². The fourth-order valence-electron chi connectivity index (χ4n) is 2.45. The minimum atomic E-state index is 0.0326. The first-order chi connectivity index (χ1) is 7.83. The van der Waals surface area contributed by atoms with Crippen LogP contribution in [0.4, 0.5) is 0 Å². The highest BCUT2D eigenvalue weighted by Gasteiger charge is 2.28. The average Bonchev–Trinajstić information content (AvgIpc) is 2.16. The van der Waals surface area contributed by atoms with Crippen LogP contribution >= 0.6 is 0 Å². The van der Waals surface area contributed by atoms with Crippen LogP contribution in [0.2, 0.25) is 0 Å². The summed E-state index contributed by atoms with van der Waals surface area (Å²) in [6.07, 6.45) is 10.2. The molecule has 0 saturated heterocycles. The van der Waals surface area contributed by atoms with Gasteiger partial charge in [0.2, 0.25) is 0 Å². The molecule has 0 unspecified atom stereocenters. The van der Waals surface area contributed by atoms with Crippen molar-refractivity contribution in [2.24, 2.45) is 0 Å². The fourth-order valence-corrected chi connectivity index (χ4v) is 2.45. The smallest absolute Gasteiger partial charge is 0.0633 e. The van der Waals surface area contributed by atoms with Crippen molar-refractivity contribution < 1.29 is 4.74 Å². The monoisotopic (exact) mass is 242 g/mol. The van der Waals surface area contributed by atoms with Crippen molar-refractivity contribution in [1.29, 1.82) is 0 Å². The van der Waals surface area contributed by atoms with E-state index in [0.29, 0.717) is 0 Å². The van der Waals surface area contributed by atoms with Gasteiger partial charge in [0.1, 0.15) is 0 Å². The molecule has 0 fully saturated rings. The lowest BCUT2D eigenvalue weighted by Crippen LogP contribution is -2.37. The summed E-state index contributed by atoms with van der Waals surface area (Å²) < 4.78 is 6.32. The molecule has 0 spiro atoms. The van der Waals surface area contributed by atoms with Crippen LogP contribution in [-0.2, 0) is 4.74 Å². The van der Waals surface area contributed by atoms with Crippen molar-refractivity contribution in [2.45, 2.75) is 104 Å². The van der Waals surface area contributed by atoms with Gasteiger partial charge in [0, 0.05) is 0 Å². The summed E-state index contributed by atoms with van der Waals surface area (Å²) in [7, 11) is 0. The average molecular weight is 242 g/mol. The molecule has 0 radical (unpaired) electrons. The molecule has 104 valence electrons. The van der Waals surface area contributed by atoms with Gasteiger partial charge in [-0.2, -0.15) is 0 Å². The van der Waals surface area contributed by atoms with Crippen molar-refractivity contribution in [3.05, 3.63) is 0 Å². The molecule has 0 rings (SSSR count). The van der Waals surface area contributed by atoms with Crippen LogP contribution in [-0.4, -0.2) is 11.2 Å². The van der Waals surface area contributed by atoms with Gasteiger partial charge >= 0.3 is 0 Å². The molecule has 0 aliphatic carbocycles. The topological polar surface area (TPSA) is 9.23 Å². The molecule has 0 N–H and O–H groups in total. The summed E-state index contributed by atoms with van der Waals surface area (Å²) in [4.78, 5) is 0. The first kappa shape index (κ1) is 17.0. The Morgan fingerprint density at radius 1 is 0.647 bits per heavy atom. The van der Waals surface area contributed by atoms with Crippen LogP contribution < -0.4 is 0 Å². The van der Waals surface area contributed by atoms with Crippen LogP contribution in [0.15, 0.2) is 0 Å². The first-order valence-corrected chi connectivity index (χ1v) is 7.53.